The van der Waals surface area contributed by atoms with E-state index in [1.807, 2.05) is 27.7 Å². The minimum absolute atomic E-state index is 0.0510. The second-order valence-corrected chi connectivity index (χ2v) is 6.59. The molecule has 0 aliphatic rings. The first-order chi connectivity index (χ1) is 11.0. The maximum Gasteiger partial charge on any atom is 0.282 e. The summed E-state index contributed by atoms with van der Waals surface area (Å²) >= 11 is 1.28. The largest absolute Gasteiger partial charge is 0.355 e. The van der Waals surface area contributed by atoms with Crippen molar-refractivity contribution >= 4 is 28.7 Å². The molecule has 0 unspecified atom stereocenters. The molecule has 0 atom stereocenters. The molecule has 2 rings (SSSR count). The zero-order chi connectivity index (χ0) is 17.0. The normalized spacial score (nSPS) is 11.3. The smallest absolute Gasteiger partial charge is 0.282 e. The van der Waals surface area contributed by atoms with Gasteiger partial charge in [0.1, 0.15) is 5.52 Å². The third-order valence-corrected chi connectivity index (χ3v) is 4.29. The number of amides is 1. The number of nitrogens with zero attached hydrogens (tertiary/aromatic N) is 4. The highest BCUT2D eigenvalue weighted by Crippen LogP contribution is 2.17. The van der Waals surface area contributed by atoms with Crippen molar-refractivity contribution in [2.75, 3.05) is 12.3 Å². The van der Waals surface area contributed by atoms with Crippen molar-refractivity contribution in [3.63, 3.8) is 0 Å². The van der Waals surface area contributed by atoms with E-state index in [-0.39, 0.29) is 17.2 Å². The summed E-state index contributed by atoms with van der Waals surface area (Å²) in [6.45, 7) is 9.76. The summed E-state index contributed by atoms with van der Waals surface area (Å²) in [5.74, 6) is 0.601. The molecular weight excluding hydrogens is 314 g/mol. The lowest BCUT2D eigenvalue weighted by molar-refractivity contribution is -0.118. The number of rotatable bonds is 7. The summed E-state index contributed by atoms with van der Waals surface area (Å²) in [4.78, 5) is 28.9. The van der Waals surface area contributed by atoms with Crippen molar-refractivity contribution < 1.29 is 4.79 Å². The van der Waals surface area contributed by atoms with E-state index in [0.29, 0.717) is 41.7 Å². The number of nitrogens with one attached hydrogen (secondary N) is 1. The molecular formula is C15H23N5O2S. The van der Waals surface area contributed by atoms with Crippen LogP contribution >= 0.6 is 11.8 Å². The Morgan fingerprint density at radius 3 is 2.70 bits per heavy atom. The first-order valence-corrected chi connectivity index (χ1v) is 8.82. The Labute approximate surface area is 139 Å². The molecule has 1 amide bonds. The number of hydrogen-bond donors (Lipinski definition) is 1. The number of aromatic nitrogens is 4. The molecule has 0 aromatic carbocycles. The molecule has 8 heteroatoms. The topological polar surface area (TPSA) is 81.8 Å². The Balaban J connectivity index is 2.22. The van der Waals surface area contributed by atoms with Gasteiger partial charge in [0.15, 0.2) is 10.7 Å². The zero-order valence-electron chi connectivity index (χ0n) is 14.0. The van der Waals surface area contributed by atoms with Gasteiger partial charge >= 0.3 is 0 Å². The lowest BCUT2D eigenvalue weighted by atomic mass is 10.2. The summed E-state index contributed by atoms with van der Waals surface area (Å²) in [5.41, 5.74) is 0.795. The van der Waals surface area contributed by atoms with Gasteiger partial charge in [-0.05, 0) is 19.8 Å². The highest BCUT2D eigenvalue weighted by atomic mass is 32.2. The number of carbonyl (C=O) groups excluding carboxylic acids is 1. The van der Waals surface area contributed by atoms with E-state index >= 15 is 0 Å². The molecule has 0 bridgehead atoms. The van der Waals surface area contributed by atoms with E-state index in [0.717, 1.165) is 0 Å². The molecule has 0 aliphatic carbocycles. The molecule has 0 saturated carbocycles. The van der Waals surface area contributed by atoms with Crippen LogP contribution in [0, 0.1) is 5.92 Å². The van der Waals surface area contributed by atoms with Crippen LogP contribution in [0.2, 0.25) is 0 Å². The molecule has 1 N–H and O–H groups in total. The molecule has 0 fully saturated rings. The minimum Gasteiger partial charge on any atom is -0.355 e. The van der Waals surface area contributed by atoms with Gasteiger partial charge in [-0.25, -0.2) is 4.98 Å². The highest BCUT2D eigenvalue weighted by molar-refractivity contribution is 7.99. The Bertz CT molecular complexity index is 750. The van der Waals surface area contributed by atoms with Crippen molar-refractivity contribution in [3.8, 4) is 0 Å². The molecule has 0 spiro atoms. The molecule has 2 aromatic rings. The molecule has 0 radical (unpaired) electrons. The quantitative estimate of drug-likeness (QED) is 0.611. The maximum atomic E-state index is 12.5. The Hall–Kier alpha value is -1.83. The standard InChI is InChI=1S/C15H23N5O2S/c1-5-19-8-11-13(18-19)14(22)20(6-2)15(17-11)23-9-12(21)16-7-10(3)4/h8,10H,5-7,9H2,1-4H3,(H,16,21). The molecule has 0 saturated heterocycles. The van der Waals surface area contributed by atoms with E-state index in [1.54, 1.807) is 15.4 Å². The summed E-state index contributed by atoms with van der Waals surface area (Å²) in [7, 11) is 0. The first kappa shape index (κ1) is 17.5. The Kier molecular flexibility index (Phi) is 5.81. The van der Waals surface area contributed by atoms with Gasteiger partial charge in [0.25, 0.3) is 5.56 Å². The molecule has 23 heavy (non-hydrogen) atoms. The van der Waals surface area contributed by atoms with Crippen LogP contribution < -0.4 is 10.9 Å². The van der Waals surface area contributed by atoms with Crippen molar-refractivity contribution in [3.05, 3.63) is 16.6 Å². The predicted molar refractivity (Wildman–Crippen MR) is 91.7 cm³/mol. The van der Waals surface area contributed by atoms with Crippen molar-refractivity contribution in [1.29, 1.82) is 0 Å². The van der Waals surface area contributed by atoms with E-state index in [9.17, 15) is 9.59 Å². The fourth-order valence-electron chi connectivity index (χ4n) is 2.07. The fraction of sp³-hybridized carbons (Fsp3) is 0.600. The van der Waals surface area contributed by atoms with Crippen LogP contribution in [0.25, 0.3) is 11.0 Å². The second-order valence-electron chi connectivity index (χ2n) is 5.65. The SMILES string of the molecule is CCn1cc2nc(SCC(=O)NCC(C)C)n(CC)c(=O)c2n1. The van der Waals surface area contributed by atoms with Crippen LogP contribution in [0.1, 0.15) is 27.7 Å². The lowest BCUT2D eigenvalue weighted by Crippen LogP contribution is -2.29. The predicted octanol–water partition coefficient (Wildman–Crippen LogP) is 1.50. The van der Waals surface area contributed by atoms with Crippen LogP contribution in [0.5, 0.6) is 0 Å². The third kappa shape index (κ3) is 4.13. The van der Waals surface area contributed by atoms with E-state index < -0.39 is 0 Å². The maximum absolute atomic E-state index is 12.5. The Morgan fingerprint density at radius 1 is 1.35 bits per heavy atom. The van der Waals surface area contributed by atoms with Crippen LogP contribution in [0.4, 0.5) is 0 Å². The summed E-state index contributed by atoms with van der Waals surface area (Å²) in [6, 6.07) is 0. The van der Waals surface area contributed by atoms with Gasteiger partial charge in [0, 0.05) is 19.6 Å². The van der Waals surface area contributed by atoms with Crippen LogP contribution in [0.15, 0.2) is 16.1 Å². The summed E-state index contributed by atoms with van der Waals surface area (Å²) < 4.78 is 3.26. The molecule has 0 aliphatic heterocycles. The summed E-state index contributed by atoms with van der Waals surface area (Å²) in [5, 5.41) is 7.68. The van der Waals surface area contributed by atoms with Gasteiger partial charge in [-0.15, -0.1) is 0 Å². The zero-order valence-corrected chi connectivity index (χ0v) is 14.8. The number of thioether (sulfide) groups is 1. The molecule has 7 nitrogen and oxygen atoms in total. The number of aryl methyl sites for hydroxylation is 1. The molecule has 2 aromatic heterocycles. The minimum atomic E-state index is -0.158. The van der Waals surface area contributed by atoms with Gasteiger partial charge < -0.3 is 5.32 Å². The Morgan fingerprint density at radius 2 is 2.09 bits per heavy atom. The van der Waals surface area contributed by atoms with Crippen molar-refractivity contribution in [2.24, 2.45) is 5.92 Å². The second kappa shape index (κ2) is 7.63. The summed E-state index contributed by atoms with van der Waals surface area (Å²) in [6.07, 6.45) is 1.76. The number of fused-ring (bicyclic) bond motifs is 1. The molecule has 126 valence electrons. The van der Waals surface area contributed by atoms with Crippen LogP contribution in [-0.4, -0.2) is 37.5 Å². The van der Waals surface area contributed by atoms with Gasteiger partial charge in [-0.3, -0.25) is 18.8 Å². The molecule has 2 heterocycles. The van der Waals surface area contributed by atoms with E-state index in [4.69, 9.17) is 0 Å². The van der Waals surface area contributed by atoms with Gasteiger partial charge in [-0.1, -0.05) is 25.6 Å². The monoisotopic (exact) mass is 337 g/mol. The number of carbonyl (C=O) groups is 1. The fourth-order valence-corrected chi connectivity index (χ4v) is 2.97. The van der Waals surface area contributed by atoms with E-state index in [1.165, 1.54) is 11.8 Å². The van der Waals surface area contributed by atoms with Gasteiger partial charge in [-0.2, -0.15) is 5.10 Å². The van der Waals surface area contributed by atoms with E-state index in [2.05, 4.69) is 15.4 Å². The third-order valence-electron chi connectivity index (χ3n) is 3.32. The average molecular weight is 337 g/mol. The average Bonchev–Trinajstić information content (AvgIpc) is 2.94. The first-order valence-electron chi connectivity index (χ1n) is 7.83. The van der Waals surface area contributed by atoms with Crippen molar-refractivity contribution in [2.45, 2.75) is 45.9 Å². The van der Waals surface area contributed by atoms with Crippen LogP contribution in [0.3, 0.4) is 0 Å². The number of hydrogen-bond acceptors (Lipinski definition) is 5. The van der Waals surface area contributed by atoms with Crippen molar-refractivity contribution in [1.82, 2.24) is 24.6 Å². The van der Waals surface area contributed by atoms with Gasteiger partial charge in [0.05, 0.1) is 11.9 Å². The van der Waals surface area contributed by atoms with Gasteiger partial charge in [0.2, 0.25) is 5.91 Å². The lowest BCUT2D eigenvalue weighted by Gasteiger charge is -2.10. The van der Waals surface area contributed by atoms with Crippen LogP contribution in [-0.2, 0) is 17.9 Å². The highest BCUT2D eigenvalue weighted by Gasteiger charge is 2.15.